The van der Waals surface area contributed by atoms with Crippen LogP contribution in [0.4, 0.5) is 0 Å². The van der Waals surface area contributed by atoms with Gasteiger partial charge in [-0.3, -0.25) is 5.10 Å². The number of hydrogen-bond acceptors (Lipinski definition) is 4. The van der Waals surface area contributed by atoms with Crippen molar-refractivity contribution in [3.05, 3.63) is 17.5 Å². The summed E-state index contributed by atoms with van der Waals surface area (Å²) in [7, 11) is 0. The predicted molar refractivity (Wildman–Crippen MR) is 52.7 cm³/mol. The predicted octanol–water partition coefficient (Wildman–Crippen LogP) is -0.449. The van der Waals surface area contributed by atoms with Gasteiger partial charge in [0.1, 0.15) is 0 Å². The number of aryl methyl sites for hydroxylation is 1. The van der Waals surface area contributed by atoms with E-state index in [-0.39, 0.29) is 6.61 Å². The highest BCUT2D eigenvalue weighted by Gasteiger charge is 2.17. The van der Waals surface area contributed by atoms with Crippen LogP contribution in [0.25, 0.3) is 0 Å². The zero-order valence-electron chi connectivity index (χ0n) is 8.54. The maximum atomic E-state index is 9.49. The van der Waals surface area contributed by atoms with E-state index in [0.29, 0.717) is 13.1 Å². The number of H-pyrrole nitrogens is 1. The van der Waals surface area contributed by atoms with Gasteiger partial charge in [-0.25, -0.2) is 0 Å². The Balaban J connectivity index is 2.32. The molecule has 0 spiro atoms. The quantitative estimate of drug-likeness (QED) is 0.518. The van der Waals surface area contributed by atoms with E-state index in [9.17, 15) is 5.11 Å². The molecule has 1 aromatic rings. The Hall–Kier alpha value is -0.910. The van der Waals surface area contributed by atoms with Gasteiger partial charge in [0, 0.05) is 24.3 Å². The highest BCUT2D eigenvalue weighted by Crippen LogP contribution is 2.03. The smallest absolute Gasteiger partial charge is 0.0972 e. The minimum Gasteiger partial charge on any atom is -0.393 e. The van der Waals surface area contributed by atoms with Gasteiger partial charge in [0.25, 0.3) is 0 Å². The monoisotopic (exact) mass is 199 g/mol. The molecule has 0 saturated carbocycles. The molecule has 0 saturated heterocycles. The molecule has 0 aromatic carbocycles. The molecule has 80 valence electrons. The van der Waals surface area contributed by atoms with Gasteiger partial charge in [-0.2, -0.15) is 5.10 Å². The van der Waals surface area contributed by atoms with Crippen molar-refractivity contribution in [2.75, 3.05) is 13.2 Å². The number of aliphatic hydroxyl groups is 2. The standard InChI is InChI=1S/C9H17N3O2/c1-7-8(4-11-12-7)3-10-5-9(2,14)6-13/h4,10,13-14H,3,5-6H2,1-2H3,(H,11,12). The number of aromatic nitrogens is 2. The van der Waals surface area contributed by atoms with Gasteiger partial charge in [0.2, 0.25) is 0 Å². The minimum atomic E-state index is -1.06. The van der Waals surface area contributed by atoms with Crippen LogP contribution in [0, 0.1) is 6.92 Å². The lowest BCUT2D eigenvalue weighted by Crippen LogP contribution is -2.40. The maximum Gasteiger partial charge on any atom is 0.0972 e. The van der Waals surface area contributed by atoms with Crippen LogP contribution in [0.5, 0.6) is 0 Å². The van der Waals surface area contributed by atoms with E-state index < -0.39 is 5.60 Å². The molecule has 0 radical (unpaired) electrons. The Morgan fingerprint density at radius 2 is 2.36 bits per heavy atom. The second-order valence-corrected chi connectivity index (χ2v) is 3.78. The summed E-state index contributed by atoms with van der Waals surface area (Å²) in [6, 6.07) is 0. The molecule has 5 heteroatoms. The van der Waals surface area contributed by atoms with Crippen LogP contribution in [-0.4, -0.2) is 39.2 Å². The summed E-state index contributed by atoms with van der Waals surface area (Å²) < 4.78 is 0. The SMILES string of the molecule is Cc1[nH]ncc1CNCC(C)(O)CO. The van der Waals surface area contributed by atoms with E-state index in [2.05, 4.69) is 15.5 Å². The van der Waals surface area contributed by atoms with Crippen molar-refractivity contribution in [1.82, 2.24) is 15.5 Å². The van der Waals surface area contributed by atoms with Crippen molar-refractivity contribution >= 4 is 0 Å². The van der Waals surface area contributed by atoms with Crippen LogP contribution < -0.4 is 5.32 Å². The van der Waals surface area contributed by atoms with Crippen LogP contribution >= 0.6 is 0 Å². The Morgan fingerprint density at radius 3 is 2.86 bits per heavy atom. The summed E-state index contributed by atoms with van der Waals surface area (Å²) in [6.45, 7) is 4.27. The molecule has 0 aliphatic rings. The molecule has 1 unspecified atom stereocenters. The normalized spacial score (nSPS) is 15.4. The first-order chi connectivity index (χ1) is 6.55. The fraction of sp³-hybridized carbons (Fsp3) is 0.667. The number of nitrogens with one attached hydrogen (secondary N) is 2. The van der Waals surface area contributed by atoms with Gasteiger partial charge >= 0.3 is 0 Å². The lowest BCUT2D eigenvalue weighted by molar-refractivity contribution is 0.00253. The molecular formula is C9H17N3O2. The molecule has 1 heterocycles. The molecule has 1 rings (SSSR count). The summed E-state index contributed by atoms with van der Waals surface area (Å²) >= 11 is 0. The van der Waals surface area contributed by atoms with E-state index in [1.54, 1.807) is 13.1 Å². The highest BCUT2D eigenvalue weighted by atomic mass is 16.3. The lowest BCUT2D eigenvalue weighted by atomic mass is 10.1. The van der Waals surface area contributed by atoms with E-state index in [1.807, 2.05) is 6.92 Å². The Kier molecular flexibility index (Phi) is 3.62. The highest BCUT2D eigenvalue weighted by molar-refractivity contribution is 5.13. The van der Waals surface area contributed by atoms with E-state index in [1.165, 1.54) is 0 Å². The zero-order valence-corrected chi connectivity index (χ0v) is 8.54. The molecule has 0 bridgehead atoms. The first-order valence-electron chi connectivity index (χ1n) is 4.58. The molecule has 4 N–H and O–H groups in total. The first kappa shape index (κ1) is 11.2. The van der Waals surface area contributed by atoms with Crippen molar-refractivity contribution < 1.29 is 10.2 Å². The zero-order chi connectivity index (χ0) is 10.6. The fourth-order valence-corrected chi connectivity index (χ4v) is 1.08. The second kappa shape index (κ2) is 4.54. The fourth-order valence-electron chi connectivity index (χ4n) is 1.08. The van der Waals surface area contributed by atoms with Crippen molar-refractivity contribution in [2.24, 2.45) is 0 Å². The van der Waals surface area contributed by atoms with Crippen LogP contribution in [-0.2, 0) is 6.54 Å². The van der Waals surface area contributed by atoms with Crippen LogP contribution in [0.2, 0.25) is 0 Å². The number of rotatable bonds is 5. The Morgan fingerprint density at radius 1 is 1.64 bits per heavy atom. The van der Waals surface area contributed by atoms with Gasteiger partial charge in [0.05, 0.1) is 18.4 Å². The molecule has 0 fully saturated rings. The van der Waals surface area contributed by atoms with E-state index >= 15 is 0 Å². The molecule has 1 atom stereocenters. The van der Waals surface area contributed by atoms with Gasteiger partial charge in [-0.15, -0.1) is 0 Å². The molecule has 14 heavy (non-hydrogen) atoms. The second-order valence-electron chi connectivity index (χ2n) is 3.78. The lowest BCUT2D eigenvalue weighted by Gasteiger charge is -2.20. The van der Waals surface area contributed by atoms with Crippen molar-refractivity contribution in [2.45, 2.75) is 26.0 Å². The molecular weight excluding hydrogens is 182 g/mol. The third-order valence-electron chi connectivity index (χ3n) is 2.10. The summed E-state index contributed by atoms with van der Waals surface area (Å²) in [6.07, 6.45) is 1.75. The number of aliphatic hydroxyl groups excluding tert-OH is 1. The molecule has 5 nitrogen and oxygen atoms in total. The van der Waals surface area contributed by atoms with Gasteiger partial charge in [-0.1, -0.05) is 0 Å². The third kappa shape index (κ3) is 3.10. The number of hydrogen-bond donors (Lipinski definition) is 4. The minimum absolute atomic E-state index is 0.246. The summed E-state index contributed by atoms with van der Waals surface area (Å²) in [5, 5.41) is 28.0. The number of nitrogens with zero attached hydrogens (tertiary/aromatic N) is 1. The first-order valence-corrected chi connectivity index (χ1v) is 4.58. The van der Waals surface area contributed by atoms with E-state index in [0.717, 1.165) is 11.3 Å². The van der Waals surface area contributed by atoms with Crippen LogP contribution in [0.15, 0.2) is 6.20 Å². The topological polar surface area (TPSA) is 81.2 Å². The van der Waals surface area contributed by atoms with Crippen molar-refractivity contribution in [3.8, 4) is 0 Å². The van der Waals surface area contributed by atoms with Crippen molar-refractivity contribution in [1.29, 1.82) is 0 Å². The molecule has 1 aromatic heterocycles. The maximum absolute atomic E-state index is 9.49. The summed E-state index contributed by atoms with van der Waals surface area (Å²) in [4.78, 5) is 0. The molecule has 0 aliphatic heterocycles. The van der Waals surface area contributed by atoms with E-state index in [4.69, 9.17) is 5.11 Å². The third-order valence-corrected chi connectivity index (χ3v) is 2.10. The molecule has 0 amide bonds. The Labute approximate surface area is 83.2 Å². The van der Waals surface area contributed by atoms with Crippen molar-refractivity contribution in [3.63, 3.8) is 0 Å². The molecule has 0 aliphatic carbocycles. The van der Waals surface area contributed by atoms with Gasteiger partial charge in [0.15, 0.2) is 0 Å². The Bertz CT molecular complexity index is 283. The van der Waals surface area contributed by atoms with Gasteiger partial charge < -0.3 is 15.5 Å². The number of aromatic amines is 1. The average molecular weight is 199 g/mol. The largest absolute Gasteiger partial charge is 0.393 e. The summed E-state index contributed by atoms with van der Waals surface area (Å²) in [5.41, 5.74) is 1.03. The summed E-state index contributed by atoms with van der Waals surface area (Å²) in [5.74, 6) is 0. The van der Waals surface area contributed by atoms with Crippen LogP contribution in [0.3, 0.4) is 0 Å². The van der Waals surface area contributed by atoms with Gasteiger partial charge in [-0.05, 0) is 13.8 Å². The average Bonchev–Trinajstić information content (AvgIpc) is 2.52. The van der Waals surface area contributed by atoms with Crippen LogP contribution in [0.1, 0.15) is 18.2 Å².